The Morgan fingerprint density at radius 1 is 1.14 bits per heavy atom. The van der Waals surface area contributed by atoms with Gasteiger partial charge in [0.2, 0.25) is 5.82 Å². The van der Waals surface area contributed by atoms with E-state index >= 15 is 0 Å². The van der Waals surface area contributed by atoms with Crippen molar-refractivity contribution in [3.05, 3.63) is 48.0 Å². The van der Waals surface area contributed by atoms with Gasteiger partial charge in [-0.2, -0.15) is 0 Å². The summed E-state index contributed by atoms with van der Waals surface area (Å²) in [6, 6.07) is 9.38. The Kier molecular flexibility index (Phi) is 4.99. The van der Waals surface area contributed by atoms with Crippen LogP contribution >= 0.6 is 0 Å². The maximum Gasteiger partial charge on any atom is 0.209 e. The third-order valence-corrected chi connectivity index (χ3v) is 5.16. The molecule has 1 saturated carbocycles. The van der Waals surface area contributed by atoms with Crippen LogP contribution in [0.15, 0.2) is 36.7 Å². The van der Waals surface area contributed by atoms with E-state index in [0.29, 0.717) is 35.8 Å². The summed E-state index contributed by atoms with van der Waals surface area (Å²) >= 11 is 0. The zero-order chi connectivity index (χ0) is 19.7. The Bertz CT molecular complexity index is 1040. The van der Waals surface area contributed by atoms with E-state index in [2.05, 4.69) is 32.1 Å². The van der Waals surface area contributed by atoms with E-state index in [-0.39, 0.29) is 12.0 Å². The van der Waals surface area contributed by atoms with Crippen LogP contribution in [-0.2, 0) is 0 Å². The fourth-order valence-electron chi connectivity index (χ4n) is 3.66. The van der Waals surface area contributed by atoms with Crippen molar-refractivity contribution in [2.75, 3.05) is 11.9 Å². The lowest BCUT2D eigenvalue weighted by molar-refractivity contribution is 0.00964. The fraction of sp³-hybridized carbons (Fsp3) is 0.381. The third kappa shape index (κ3) is 3.33. The highest BCUT2D eigenvalue weighted by atomic mass is 16.3. The highest BCUT2D eigenvalue weighted by Gasteiger charge is 2.40. The molecule has 28 heavy (non-hydrogen) atoms. The third-order valence-electron chi connectivity index (χ3n) is 5.16. The summed E-state index contributed by atoms with van der Waals surface area (Å²) in [5, 5.41) is 23.8. The van der Waals surface area contributed by atoms with Gasteiger partial charge in [0, 0.05) is 12.1 Å². The van der Waals surface area contributed by atoms with Gasteiger partial charge in [0.05, 0.1) is 18.5 Å². The molecule has 3 N–H and O–H groups in total. The van der Waals surface area contributed by atoms with Gasteiger partial charge >= 0.3 is 0 Å². The summed E-state index contributed by atoms with van der Waals surface area (Å²) in [4.78, 5) is 13.6. The van der Waals surface area contributed by atoms with Gasteiger partial charge in [0.15, 0.2) is 17.0 Å². The molecule has 4 rings (SSSR count). The number of hydrogen-bond acceptors (Lipinski definition) is 6. The largest absolute Gasteiger partial charge is 0.390 e. The first-order valence-corrected chi connectivity index (χ1v) is 9.50. The summed E-state index contributed by atoms with van der Waals surface area (Å²) in [5.41, 5.74) is 2.12. The van der Waals surface area contributed by atoms with Crippen molar-refractivity contribution in [3.8, 4) is 11.8 Å². The number of benzene rings is 1. The number of fused-ring (bicyclic) bond motifs is 1. The number of aliphatic hydroxyl groups is 2. The van der Waals surface area contributed by atoms with E-state index in [1.54, 1.807) is 6.33 Å². The van der Waals surface area contributed by atoms with Gasteiger partial charge in [0.1, 0.15) is 6.10 Å². The summed E-state index contributed by atoms with van der Waals surface area (Å²) < 4.78 is 1.84. The molecule has 1 fully saturated rings. The highest BCUT2D eigenvalue weighted by molar-refractivity contribution is 5.83. The molecule has 2 heterocycles. The van der Waals surface area contributed by atoms with Crippen LogP contribution in [-0.4, -0.2) is 48.5 Å². The fourth-order valence-corrected chi connectivity index (χ4v) is 3.66. The summed E-state index contributed by atoms with van der Waals surface area (Å²) in [6.45, 7) is 4.61. The molecule has 1 unspecified atom stereocenters. The average molecular weight is 377 g/mol. The predicted octanol–water partition coefficient (Wildman–Crippen LogP) is 1.96. The number of imidazole rings is 1. The lowest BCUT2D eigenvalue weighted by Crippen LogP contribution is -2.28. The molecule has 7 nitrogen and oxygen atoms in total. The van der Waals surface area contributed by atoms with Gasteiger partial charge in [-0.15, -0.1) is 0 Å². The summed E-state index contributed by atoms with van der Waals surface area (Å²) in [6.07, 6.45) is 0.700. The minimum atomic E-state index is -0.858. The number of aromatic nitrogens is 4. The second-order valence-corrected chi connectivity index (χ2v) is 7.13. The number of hydrogen-bond donors (Lipinski definition) is 3. The van der Waals surface area contributed by atoms with Gasteiger partial charge in [-0.25, -0.2) is 15.0 Å². The molecule has 0 amide bonds. The van der Waals surface area contributed by atoms with Gasteiger partial charge in [-0.3, -0.25) is 0 Å². The van der Waals surface area contributed by atoms with Crippen LogP contribution in [0.3, 0.4) is 0 Å². The average Bonchev–Trinajstić information content (AvgIpc) is 3.24. The number of rotatable bonds is 3. The maximum absolute atomic E-state index is 10.5. The molecule has 4 atom stereocenters. The Balaban J connectivity index is 1.79. The van der Waals surface area contributed by atoms with Crippen LogP contribution in [0, 0.1) is 17.8 Å². The minimum absolute atomic E-state index is 0.00451. The van der Waals surface area contributed by atoms with Crippen LogP contribution in [0.4, 0.5) is 5.82 Å². The van der Waals surface area contributed by atoms with E-state index in [0.717, 1.165) is 5.56 Å². The van der Waals surface area contributed by atoms with Crippen molar-refractivity contribution < 1.29 is 10.2 Å². The van der Waals surface area contributed by atoms with Crippen molar-refractivity contribution in [1.29, 1.82) is 0 Å². The predicted molar refractivity (Wildman–Crippen MR) is 107 cm³/mol. The first kappa shape index (κ1) is 18.4. The smallest absolute Gasteiger partial charge is 0.209 e. The van der Waals surface area contributed by atoms with Gasteiger partial charge in [-0.1, -0.05) is 31.0 Å². The molecule has 144 valence electrons. The molecule has 0 saturated heterocycles. The molecule has 0 bridgehead atoms. The Hall–Kier alpha value is -2.95. The van der Waals surface area contributed by atoms with Crippen molar-refractivity contribution in [2.24, 2.45) is 5.92 Å². The van der Waals surface area contributed by atoms with Crippen molar-refractivity contribution in [1.82, 2.24) is 19.5 Å². The lowest BCUT2D eigenvalue weighted by atomic mass is 10.1. The second kappa shape index (κ2) is 7.58. The van der Waals surface area contributed by atoms with Crippen LogP contribution in [0.2, 0.25) is 0 Å². The van der Waals surface area contributed by atoms with Crippen molar-refractivity contribution >= 4 is 17.0 Å². The maximum atomic E-state index is 10.5. The number of anilines is 1. The molecule has 1 aromatic carbocycles. The Labute approximate surface area is 163 Å². The monoisotopic (exact) mass is 377 g/mol. The van der Waals surface area contributed by atoms with Gasteiger partial charge in [-0.05, 0) is 37.3 Å². The van der Waals surface area contributed by atoms with Crippen LogP contribution in [0.5, 0.6) is 0 Å². The number of nitrogens with zero attached hydrogens (tertiary/aromatic N) is 4. The van der Waals surface area contributed by atoms with Crippen molar-refractivity contribution in [2.45, 2.75) is 38.5 Å². The number of nitrogens with one attached hydrogen (secondary N) is 1. The zero-order valence-electron chi connectivity index (χ0n) is 15.9. The molecule has 1 aliphatic rings. The first-order chi connectivity index (χ1) is 13.6. The topological polar surface area (TPSA) is 96.1 Å². The summed E-state index contributed by atoms with van der Waals surface area (Å²) in [5.74, 6) is 7.10. The van der Waals surface area contributed by atoms with Gasteiger partial charge < -0.3 is 20.1 Å². The van der Waals surface area contributed by atoms with Crippen molar-refractivity contribution in [3.63, 3.8) is 0 Å². The van der Waals surface area contributed by atoms with E-state index in [9.17, 15) is 10.2 Å². The van der Waals surface area contributed by atoms with E-state index in [1.807, 2.05) is 48.7 Å². The van der Waals surface area contributed by atoms with Crippen LogP contribution in [0.25, 0.3) is 11.2 Å². The molecule has 0 aliphatic heterocycles. The molecule has 1 aliphatic carbocycles. The first-order valence-electron chi connectivity index (χ1n) is 9.50. The standard InChI is InChI=1S/C21H23N5O2/c1-3-22-20-17-21(25-16(24-20)10-9-14-7-5-4-6-8-14)26(12-23-17)15-11-13(2)18(27)19(15)28/h4-8,12-13,15,18-19,27-28H,3,11H2,1-2H3,(H,22,24,25)/t13?,15-,18-,19+/m1/s1. The zero-order valence-corrected chi connectivity index (χ0v) is 15.9. The minimum Gasteiger partial charge on any atom is -0.390 e. The highest BCUT2D eigenvalue weighted by Crippen LogP contribution is 2.37. The lowest BCUT2D eigenvalue weighted by Gasteiger charge is -2.18. The van der Waals surface area contributed by atoms with Crippen LogP contribution in [0.1, 0.15) is 37.7 Å². The van der Waals surface area contributed by atoms with Gasteiger partial charge in [0.25, 0.3) is 0 Å². The van der Waals surface area contributed by atoms with E-state index in [4.69, 9.17) is 0 Å². The molecule has 0 radical (unpaired) electrons. The normalized spacial score (nSPS) is 24.1. The second-order valence-electron chi connectivity index (χ2n) is 7.13. The Morgan fingerprint density at radius 3 is 2.61 bits per heavy atom. The van der Waals surface area contributed by atoms with E-state index in [1.165, 1.54) is 0 Å². The van der Waals surface area contributed by atoms with Crippen LogP contribution < -0.4 is 5.32 Å². The summed E-state index contributed by atoms with van der Waals surface area (Å²) in [7, 11) is 0. The molecule has 3 aromatic rings. The molecule has 0 spiro atoms. The quantitative estimate of drug-likeness (QED) is 0.604. The molecule has 7 heteroatoms. The Morgan fingerprint density at radius 2 is 1.93 bits per heavy atom. The number of aliphatic hydroxyl groups excluding tert-OH is 2. The van der Waals surface area contributed by atoms with E-state index < -0.39 is 12.2 Å². The molecule has 2 aromatic heterocycles. The SMILES string of the molecule is CCNc1nc(C#Cc2ccccc2)nc2c1ncn2[C@@H]1CC(C)[C@@H](O)[C@H]1O. The molecular weight excluding hydrogens is 354 g/mol. The molecular formula is C21H23N5O2.